The first-order valence-corrected chi connectivity index (χ1v) is 7.27. The SMILES string of the molecule is O=C(N/N=C/c1ccc(N2CCOCC2)o1)c1cccc(O)c1. The lowest BCUT2D eigenvalue weighted by atomic mass is 10.2. The van der Waals surface area contributed by atoms with Crippen molar-refractivity contribution in [3.8, 4) is 5.75 Å². The Morgan fingerprint density at radius 3 is 2.87 bits per heavy atom. The molecule has 1 fully saturated rings. The van der Waals surface area contributed by atoms with Gasteiger partial charge in [-0.25, -0.2) is 5.43 Å². The fourth-order valence-corrected chi connectivity index (χ4v) is 2.23. The minimum atomic E-state index is -0.405. The number of hydrazone groups is 1. The molecule has 1 aromatic carbocycles. The molecule has 1 aliphatic heterocycles. The van der Waals surface area contributed by atoms with Gasteiger partial charge in [-0.15, -0.1) is 0 Å². The van der Waals surface area contributed by atoms with Gasteiger partial charge in [-0.1, -0.05) is 6.07 Å². The number of rotatable bonds is 4. The molecule has 2 N–H and O–H groups in total. The van der Waals surface area contributed by atoms with Crippen molar-refractivity contribution in [1.29, 1.82) is 0 Å². The molecule has 23 heavy (non-hydrogen) atoms. The number of hydrogen-bond donors (Lipinski definition) is 2. The molecule has 7 nitrogen and oxygen atoms in total. The van der Waals surface area contributed by atoms with Crippen molar-refractivity contribution < 1.29 is 19.1 Å². The highest BCUT2D eigenvalue weighted by Gasteiger charge is 2.14. The number of phenolic OH excluding ortho intramolecular Hbond substituents is 1. The third-order valence-electron chi connectivity index (χ3n) is 3.40. The number of nitrogens with one attached hydrogen (secondary N) is 1. The molecular formula is C16H17N3O4. The molecule has 0 bridgehead atoms. The minimum absolute atomic E-state index is 0.0304. The van der Waals surface area contributed by atoms with Gasteiger partial charge in [-0.2, -0.15) is 5.10 Å². The Kier molecular flexibility index (Phi) is 4.58. The molecule has 1 saturated heterocycles. The van der Waals surface area contributed by atoms with Crippen molar-refractivity contribution in [3.63, 3.8) is 0 Å². The van der Waals surface area contributed by atoms with Crippen molar-refractivity contribution >= 4 is 18.0 Å². The Morgan fingerprint density at radius 2 is 2.09 bits per heavy atom. The number of aromatic hydroxyl groups is 1. The molecule has 0 saturated carbocycles. The van der Waals surface area contributed by atoms with Gasteiger partial charge in [0.1, 0.15) is 11.5 Å². The summed E-state index contributed by atoms with van der Waals surface area (Å²) in [7, 11) is 0. The lowest BCUT2D eigenvalue weighted by Crippen LogP contribution is -2.35. The second kappa shape index (κ2) is 6.97. The summed E-state index contributed by atoms with van der Waals surface area (Å²) in [6, 6.07) is 9.70. The van der Waals surface area contributed by atoms with E-state index in [4.69, 9.17) is 9.15 Å². The largest absolute Gasteiger partial charge is 0.508 e. The topological polar surface area (TPSA) is 87.3 Å². The Balaban J connectivity index is 1.58. The smallest absolute Gasteiger partial charge is 0.271 e. The average Bonchev–Trinajstić information content (AvgIpc) is 3.04. The lowest BCUT2D eigenvalue weighted by molar-refractivity contribution is 0.0954. The number of morpholine rings is 1. The van der Waals surface area contributed by atoms with Gasteiger partial charge >= 0.3 is 0 Å². The molecule has 1 amide bonds. The van der Waals surface area contributed by atoms with E-state index in [2.05, 4.69) is 15.4 Å². The highest BCUT2D eigenvalue weighted by Crippen LogP contribution is 2.18. The molecule has 1 aliphatic rings. The molecule has 0 spiro atoms. The Labute approximate surface area is 133 Å². The maximum absolute atomic E-state index is 11.9. The van der Waals surface area contributed by atoms with E-state index in [1.165, 1.54) is 18.3 Å². The average molecular weight is 315 g/mol. The third-order valence-corrected chi connectivity index (χ3v) is 3.40. The first kappa shape index (κ1) is 15.1. The van der Waals surface area contributed by atoms with Crippen molar-refractivity contribution in [1.82, 2.24) is 5.43 Å². The van der Waals surface area contributed by atoms with Gasteiger partial charge in [-0.05, 0) is 24.3 Å². The number of benzene rings is 1. The van der Waals surface area contributed by atoms with E-state index in [1.54, 1.807) is 18.2 Å². The van der Waals surface area contributed by atoms with Crippen LogP contribution in [0, 0.1) is 0 Å². The minimum Gasteiger partial charge on any atom is -0.508 e. The number of hydrogen-bond acceptors (Lipinski definition) is 6. The zero-order valence-electron chi connectivity index (χ0n) is 12.4. The van der Waals surface area contributed by atoms with Crippen LogP contribution >= 0.6 is 0 Å². The second-order valence-electron chi connectivity index (χ2n) is 5.02. The summed E-state index contributed by atoms with van der Waals surface area (Å²) in [6.45, 7) is 2.95. The van der Waals surface area contributed by atoms with Crippen molar-refractivity contribution in [3.05, 3.63) is 47.7 Å². The van der Waals surface area contributed by atoms with Crippen LogP contribution in [0.1, 0.15) is 16.1 Å². The van der Waals surface area contributed by atoms with Gasteiger partial charge in [0, 0.05) is 24.7 Å². The van der Waals surface area contributed by atoms with Crippen LogP contribution in [-0.4, -0.2) is 43.5 Å². The van der Waals surface area contributed by atoms with E-state index >= 15 is 0 Å². The number of amides is 1. The van der Waals surface area contributed by atoms with Crippen LogP contribution in [0.2, 0.25) is 0 Å². The first-order valence-electron chi connectivity index (χ1n) is 7.27. The van der Waals surface area contributed by atoms with Crippen molar-refractivity contribution in [2.75, 3.05) is 31.2 Å². The van der Waals surface area contributed by atoms with Gasteiger partial charge in [-0.3, -0.25) is 4.79 Å². The zero-order valence-corrected chi connectivity index (χ0v) is 12.4. The lowest BCUT2D eigenvalue weighted by Gasteiger charge is -2.26. The van der Waals surface area contributed by atoms with Crippen LogP contribution in [0.4, 0.5) is 5.88 Å². The maximum atomic E-state index is 11.9. The maximum Gasteiger partial charge on any atom is 0.271 e. The summed E-state index contributed by atoms with van der Waals surface area (Å²) >= 11 is 0. The molecule has 0 unspecified atom stereocenters. The number of anilines is 1. The molecule has 1 aromatic heterocycles. The standard InChI is InChI=1S/C16H17N3O4/c20-13-3-1-2-12(10-13)16(21)18-17-11-14-4-5-15(23-14)19-6-8-22-9-7-19/h1-5,10-11,20H,6-9H2,(H,18,21)/b17-11+. The summed E-state index contributed by atoms with van der Waals surface area (Å²) < 4.78 is 11.0. The Bertz CT molecular complexity index is 705. The van der Waals surface area contributed by atoms with E-state index in [0.717, 1.165) is 19.0 Å². The number of ether oxygens (including phenoxy) is 1. The van der Waals surface area contributed by atoms with Crippen LogP contribution in [0.15, 0.2) is 45.9 Å². The van der Waals surface area contributed by atoms with E-state index < -0.39 is 5.91 Å². The van der Waals surface area contributed by atoms with E-state index in [-0.39, 0.29) is 5.75 Å². The van der Waals surface area contributed by atoms with Crippen LogP contribution in [0.25, 0.3) is 0 Å². The molecule has 120 valence electrons. The van der Waals surface area contributed by atoms with Gasteiger partial charge in [0.25, 0.3) is 5.91 Å². The fraction of sp³-hybridized carbons (Fsp3) is 0.250. The molecule has 2 aromatic rings. The van der Waals surface area contributed by atoms with Crippen LogP contribution in [0.3, 0.4) is 0 Å². The molecule has 3 rings (SSSR count). The first-order chi connectivity index (χ1) is 11.2. The number of nitrogens with zero attached hydrogens (tertiary/aromatic N) is 2. The van der Waals surface area contributed by atoms with E-state index in [0.29, 0.717) is 24.5 Å². The molecule has 0 aliphatic carbocycles. The monoisotopic (exact) mass is 315 g/mol. The Morgan fingerprint density at radius 1 is 1.26 bits per heavy atom. The molecule has 7 heteroatoms. The van der Waals surface area contributed by atoms with Crippen LogP contribution in [-0.2, 0) is 4.74 Å². The van der Waals surface area contributed by atoms with Gasteiger partial charge < -0.3 is 19.2 Å². The number of phenols is 1. The summed E-state index contributed by atoms with van der Waals surface area (Å²) in [5.74, 6) is 0.927. The van der Waals surface area contributed by atoms with Crippen LogP contribution in [0.5, 0.6) is 5.75 Å². The third kappa shape index (κ3) is 3.89. The number of furan rings is 1. The predicted octanol–water partition coefficient (Wildman–Crippen LogP) is 1.59. The normalized spacial score (nSPS) is 15.0. The summed E-state index contributed by atoms with van der Waals surface area (Å²) in [6.07, 6.45) is 1.44. The highest BCUT2D eigenvalue weighted by molar-refractivity contribution is 5.95. The Hall–Kier alpha value is -2.80. The van der Waals surface area contributed by atoms with Crippen LogP contribution < -0.4 is 10.3 Å². The predicted molar refractivity (Wildman–Crippen MR) is 84.9 cm³/mol. The van der Waals surface area contributed by atoms with Crippen molar-refractivity contribution in [2.45, 2.75) is 0 Å². The fourth-order valence-electron chi connectivity index (χ4n) is 2.23. The molecule has 0 radical (unpaired) electrons. The number of carbonyl (C=O) groups is 1. The van der Waals surface area contributed by atoms with E-state index in [1.807, 2.05) is 6.07 Å². The second-order valence-corrected chi connectivity index (χ2v) is 5.02. The zero-order chi connectivity index (χ0) is 16.1. The molecule has 0 atom stereocenters. The van der Waals surface area contributed by atoms with Gasteiger partial charge in [0.15, 0.2) is 5.88 Å². The van der Waals surface area contributed by atoms with Crippen molar-refractivity contribution in [2.24, 2.45) is 5.10 Å². The number of carbonyl (C=O) groups excluding carboxylic acids is 1. The summed E-state index contributed by atoms with van der Waals surface area (Å²) in [4.78, 5) is 13.9. The van der Waals surface area contributed by atoms with Gasteiger partial charge in [0.2, 0.25) is 0 Å². The quantitative estimate of drug-likeness (QED) is 0.661. The molecule has 2 heterocycles. The van der Waals surface area contributed by atoms with Gasteiger partial charge in [0.05, 0.1) is 19.4 Å². The summed E-state index contributed by atoms with van der Waals surface area (Å²) in [5.41, 5.74) is 2.72. The highest BCUT2D eigenvalue weighted by atomic mass is 16.5. The molecular weight excluding hydrogens is 298 g/mol. The van der Waals surface area contributed by atoms with E-state index in [9.17, 15) is 9.90 Å². The summed E-state index contributed by atoms with van der Waals surface area (Å²) in [5, 5.41) is 13.2.